The first-order valence-corrected chi connectivity index (χ1v) is 6.64. The van der Waals surface area contributed by atoms with Crippen molar-refractivity contribution in [2.75, 3.05) is 6.54 Å². The van der Waals surface area contributed by atoms with Crippen LogP contribution in [-0.4, -0.2) is 27.3 Å². The predicted octanol–water partition coefficient (Wildman–Crippen LogP) is 1.62. The highest BCUT2D eigenvalue weighted by molar-refractivity contribution is 6.33. The lowest BCUT2D eigenvalue weighted by Gasteiger charge is -2.27. The molecule has 1 aliphatic rings. The number of hydrogen-bond acceptors (Lipinski definition) is 3. The number of aromatic amines is 1. The standard InChI is InChI=1S/C14H12ClN3O2/c15-11-4-2-1-3-9(11)14(20)18-6-5-10-12(7-18)16-8-17-13(10)19/h1-4,8H,5-7H2,(H,16,17,19). The molecule has 0 fully saturated rings. The molecule has 0 atom stereocenters. The molecule has 3 rings (SSSR count). The van der Waals surface area contributed by atoms with Gasteiger partial charge >= 0.3 is 0 Å². The van der Waals surface area contributed by atoms with Crippen LogP contribution >= 0.6 is 11.6 Å². The molecule has 1 aliphatic heterocycles. The maximum atomic E-state index is 12.4. The molecule has 0 radical (unpaired) electrons. The highest BCUT2D eigenvalue weighted by Crippen LogP contribution is 2.20. The van der Waals surface area contributed by atoms with E-state index in [2.05, 4.69) is 9.97 Å². The van der Waals surface area contributed by atoms with Crippen molar-refractivity contribution < 1.29 is 4.79 Å². The Balaban J connectivity index is 1.89. The van der Waals surface area contributed by atoms with Crippen molar-refractivity contribution in [3.8, 4) is 0 Å². The number of fused-ring (bicyclic) bond motifs is 1. The Morgan fingerprint density at radius 3 is 2.95 bits per heavy atom. The molecule has 1 amide bonds. The topological polar surface area (TPSA) is 66.1 Å². The second-order valence-corrected chi connectivity index (χ2v) is 5.02. The third kappa shape index (κ3) is 2.20. The third-order valence-corrected chi connectivity index (χ3v) is 3.73. The molecule has 0 unspecified atom stereocenters. The molecule has 0 spiro atoms. The van der Waals surface area contributed by atoms with Gasteiger partial charge in [0.1, 0.15) is 0 Å². The Morgan fingerprint density at radius 2 is 2.15 bits per heavy atom. The molecule has 0 bridgehead atoms. The lowest BCUT2D eigenvalue weighted by molar-refractivity contribution is 0.0731. The van der Waals surface area contributed by atoms with E-state index in [0.717, 1.165) is 0 Å². The normalized spacial score (nSPS) is 13.9. The summed E-state index contributed by atoms with van der Waals surface area (Å²) in [6.07, 6.45) is 1.87. The van der Waals surface area contributed by atoms with Crippen LogP contribution in [0.25, 0.3) is 0 Å². The molecule has 5 nitrogen and oxygen atoms in total. The Kier molecular flexibility index (Phi) is 3.28. The van der Waals surface area contributed by atoms with E-state index in [1.54, 1.807) is 29.2 Å². The summed E-state index contributed by atoms with van der Waals surface area (Å²) >= 11 is 6.05. The first-order chi connectivity index (χ1) is 9.66. The van der Waals surface area contributed by atoms with Gasteiger partial charge in [-0.05, 0) is 18.6 Å². The molecule has 20 heavy (non-hydrogen) atoms. The summed E-state index contributed by atoms with van der Waals surface area (Å²) < 4.78 is 0. The highest BCUT2D eigenvalue weighted by Gasteiger charge is 2.25. The quantitative estimate of drug-likeness (QED) is 0.867. The lowest BCUT2D eigenvalue weighted by Crippen LogP contribution is -2.39. The molecule has 2 heterocycles. The van der Waals surface area contributed by atoms with E-state index in [1.165, 1.54) is 6.33 Å². The number of carbonyl (C=O) groups excluding carboxylic acids is 1. The van der Waals surface area contributed by atoms with Gasteiger partial charge in [0.15, 0.2) is 0 Å². The van der Waals surface area contributed by atoms with E-state index in [0.29, 0.717) is 41.4 Å². The van der Waals surface area contributed by atoms with E-state index >= 15 is 0 Å². The van der Waals surface area contributed by atoms with E-state index in [9.17, 15) is 9.59 Å². The number of nitrogens with one attached hydrogen (secondary N) is 1. The van der Waals surface area contributed by atoms with Crippen molar-refractivity contribution in [3.63, 3.8) is 0 Å². The number of carbonyl (C=O) groups is 1. The summed E-state index contributed by atoms with van der Waals surface area (Å²) in [5.74, 6) is -0.136. The number of nitrogens with zero attached hydrogens (tertiary/aromatic N) is 2. The summed E-state index contributed by atoms with van der Waals surface area (Å²) in [6.45, 7) is 0.829. The number of halogens is 1. The van der Waals surface area contributed by atoms with Crippen LogP contribution in [0.3, 0.4) is 0 Å². The van der Waals surface area contributed by atoms with Crippen LogP contribution in [0.2, 0.25) is 5.02 Å². The lowest BCUT2D eigenvalue weighted by atomic mass is 10.1. The van der Waals surface area contributed by atoms with Gasteiger partial charge in [-0.3, -0.25) is 9.59 Å². The molecule has 0 saturated heterocycles. The second kappa shape index (κ2) is 5.09. The Bertz CT molecular complexity index is 726. The third-order valence-electron chi connectivity index (χ3n) is 3.40. The summed E-state index contributed by atoms with van der Waals surface area (Å²) in [4.78, 5) is 32.4. The molecule has 0 aliphatic carbocycles. The van der Waals surface area contributed by atoms with Crippen molar-refractivity contribution in [1.29, 1.82) is 0 Å². The van der Waals surface area contributed by atoms with Crippen molar-refractivity contribution in [1.82, 2.24) is 14.9 Å². The van der Waals surface area contributed by atoms with Crippen molar-refractivity contribution in [2.24, 2.45) is 0 Å². The van der Waals surface area contributed by atoms with Gasteiger partial charge < -0.3 is 9.88 Å². The fraction of sp³-hybridized carbons (Fsp3) is 0.214. The molecular weight excluding hydrogens is 278 g/mol. The zero-order valence-electron chi connectivity index (χ0n) is 10.6. The average Bonchev–Trinajstić information content (AvgIpc) is 2.47. The zero-order valence-corrected chi connectivity index (χ0v) is 11.4. The van der Waals surface area contributed by atoms with Gasteiger partial charge in [-0.2, -0.15) is 0 Å². The minimum absolute atomic E-state index is 0.125. The van der Waals surface area contributed by atoms with E-state index in [4.69, 9.17) is 11.6 Å². The number of benzene rings is 1. The van der Waals surface area contributed by atoms with Gasteiger partial charge in [-0.15, -0.1) is 0 Å². The van der Waals surface area contributed by atoms with Crippen LogP contribution < -0.4 is 5.56 Å². The fourth-order valence-electron chi connectivity index (χ4n) is 2.34. The van der Waals surface area contributed by atoms with E-state index in [1.807, 2.05) is 0 Å². The van der Waals surface area contributed by atoms with Crippen LogP contribution in [-0.2, 0) is 13.0 Å². The maximum Gasteiger partial charge on any atom is 0.255 e. The summed E-state index contributed by atoms with van der Waals surface area (Å²) in [5.41, 5.74) is 1.67. The van der Waals surface area contributed by atoms with Crippen LogP contribution in [0.15, 0.2) is 35.4 Å². The zero-order chi connectivity index (χ0) is 14.1. The number of aromatic nitrogens is 2. The monoisotopic (exact) mass is 289 g/mol. The maximum absolute atomic E-state index is 12.4. The summed E-state index contributed by atoms with van der Waals surface area (Å²) in [7, 11) is 0. The Labute approximate surface area is 120 Å². The number of rotatable bonds is 1. The molecule has 1 aromatic carbocycles. The van der Waals surface area contributed by atoms with Gasteiger partial charge in [-0.25, -0.2) is 4.98 Å². The molecule has 1 aromatic heterocycles. The molecule has 2 aromatic rings. The first kappa shape index (κ1) is 12.9. The predicted molar refractivity (Wildman–Crippen MR) is 74.8 cm³/mol. The van der Waals surface area contributed by atoms with Crippen LogP contribution in [0.1, 0.15) is 21.6 Å². The largest absolute Gasteiger partial charge is 0.332 e. The van der Waals surface area contributed by atoms with Gasteiger partial charge in [0.25, 0.3) is 11.5 Å². The van der Waals surface area contributed by atoms with Crippen molar-refractivity contribution in [2.45, 2.75) is 13.0 Å². The van der Waals surface area contributed by atoms with E-state index in [-0.39, 0.29) is 11.5 Å². The number of H-pyrrole nitrogens is 1. The molecule has 1 N–H and O–H groups in total. The van der Waals surface area contributed by atoms with Crippen molar-refractivity contribution >= 4 is 17.5 Å². The van der Waals surface area contributed by atoms with Gasteiger partial charge in [0.2, 0.25) is 0 Å². The number of amides is 1. The second-order valence-electron chi connectivity index (χ2n) is 4.61. The average molecular weight is 290 g/mol. The molecule has 0 saturated carbocycles. The summed E-state index contributed by atoms with van der Waals surface area (Å²) in [6, 6.07) is 6.95. The fourth-order valence-corrected chi connectivity index (χ4v) is 2.56. The van der Waals surface area contributed by atoms with Gasteiger partial charge in [-0.1, -0.05) is 23.7 Å². The van der Waals surface area contributed by atoms with E-state index < -0.39 is 0 Å². The van der Waals surface area contributed by atoms with Crippen molar-refractivity contribution in [3.05, 3.63) is 62.8 Å². The van der Waals surface area contributed by atoms with Crippen LogP contribution in [0, 0.1) is 0 Å². The SMILES string of the molecule is O=C(c1ccccc1Cl)N1CCc2c(nc[nH]c2=O)C1. The molecule has 102 valence electrons. The van der Waals surface area contributed by atoms with Gasteiger partial charge in [0.05, 0.1) is 29.2 Å². The van der Waals surface area contributed by atoms with Crippen LogP contribution in [0.4, 0.5) is 0 Å². The number of hydrogen-bond donors (Lipinski definition) is 1. The van der Waals surface area contributed by atoms with Gasteiger partial charge in [0, 0.05) is 12.1 Å². The minimum atomic E-state index is -0.136. The Hall–Kier alpha value is -2.14. The Morgan fingerprint density at radius 1 is 1.35 bits per heavy atom. The highest BCUT2D eigenvalue weighted by atomic mass is 35.5. The minimum Gasteiger partial charge on any atom is -0.332 e. The molecule has 6 heteroatoms. The first-order valence-electron chi connectivity index (χ1n) is 6.26. The van der Waals surface area contributed by atoms with Crippen LogP contribution in [0.5, 0.6) is 0 Å². The summed E-state index contributed by atoms with van der Waals surface area (Å²) in [5, 5.41) is 0.433. The molecular formula is C14H12ClN3O2. The smallest absolute Gasteiger partial charge is 0.255 e.